The van der Waals surface area contributed by atoms with Crippen molar-refractivity contribution in [3.05, 3.63) is 65.7 Å². The normalized spacial score (nSPS) is 15.9. The number of aliphatic hydroxyl groups is 1. The third-order valence-corrected chi connectivity index (χ3v) is 4.93. The lowest BCUT2D eigenvalue weighted by Crippen LogP contribution is -2.42. The van der Waals surface area contributed by atoms with Crippen molar-refractivity contribution in [2.75, 3.05) is 13.2 Å². The summed E-state index contributed by atoms with van der Waals surface area (Å²) < 4.78 is 5.62. The number of rotatable bonds is 9. The molecule has 0 spiro atoms. The van der Waals surface area contributed by atoms with Crippen LogP contribution in [0.5, 0.6) is 5.75 Å². The van der Waals surface area contributed by atoms with Gasteiger partial charge in [0.2, 0.25) is 0 Å². The number of amides is 1. The summed E-state index contributed by atoms with van der Waals surface area (Å²) >= 11 is 0. The quantitative estimate of drug-likeness (QED) is 0.672. The molecule has 1 aliphatic carbocycles. The molecule has 138 valence electrons. The first-order valence-corrected chi connectivity index (χ1v) is 9.42. The molecule has 0 aromatic heterocycles. The lowest BCUT2D eigenvalue weighted by molar-refractivity contribution is 0.0135. The van der Waals surface area contributed by atoms with E-state index in [2.05, 4.69) is 12.2 Å². The minimum Gasteiger partial charge on any atom is -0.494 e. The third kappa shape index (κ3) is 4.44. The zero-order chi connectivity index (χ0) is 18.4. The van der Waals surface area contributed by atoms with Gasteiger partial charge in [-0.15, -0.1) is 0 Å². The highest BCUT2D eigenvalue weighted by Gasteiger charge is 2.45. The predicted molar refractivity (Wildman–Crippen MR) is 102 cm³/mol. The molecule has 0 radical (unpaired) electrons. The molecule has 1 atom stereocenters. The number of carbonyl (C=O) groups excluding carboxylic acids is 1. The van der Waals surface area contributed by atoms with Crippen LogP contribution in [0.4, 0.5) is 0 Å². The first kappa shape index (κ1) is 18.5. The second-order valence-corrected chi connectivity index (χ2v) is 6.97. The van der Waals surface area contributed by atoms with Crippen LogP contribution in [-0.2, 0) is 5.60 Å². The van der Waals surface area contributed by atoms with Crippen LogP contribution >= 0.6 is 0 Å². The molecule has 26 heavy (non-hydrogen) atoms. The van der Waals surface area contributed by atoms with Crippen molar-refractivity contribution in [1.29, 1.82) is 0 Å². The smallest absolute Gasteiger partial charge is 0.251 e. The fourth-order valence-corrected chi connectivity index (χ4v) is 3.12. The van der Waals surface area contributed by atoms with Gasteiger partial charge in [0, 0.05) is 5.56 Å². The molecule has 1 saturated carbocycles. The maximum Gasteiger partial charge on any atom is 0.251 e. The Hall–Kier alpha value is -2.33. The summed E-state index contributed by atoms with van der Waals surface area (Å²) in [4.78, 5) is 12.5. The fraction of sp³-hybridized carbons (Fsp3) is 0.409. The summed E-state index contributed by atoms with van der Waals surface area (Å²) in [5, 5.41) is 14.0. The van der Waals surface area contributed by atoms with E-state index in [0.717, 1.165) is 37.0 Å². The van der Waals surface area contributed by atoms with Gasteiger partial charge in [-0.2, -0.15) is 0 Å². The maximum absolute atomic E-state index is 12.5. The van der Waals surface area contributed by atoms with Crippen LogP contribution in [0.2, 0.25) is 0 Å². The molecule has 0 bridgehead atoms. The number of unbranched alkanes of at least 4 members (excludes halogenated alkanes) is 1. The van der Waals surface area contributed by atoms with Crippen LogP contribution in [0.1, 0.15) is 48.5 Å². The zero-order valence-electron chi connectivity index (χ0n) is 15.3. The second-order valence-electron chi connectivity index (χ2n) is 6.97. The summed E-state index contributed by atoms with van der Waals surface area (Å²) in [6.07, 6.45) is 4.09. The fourth-order valence-electron chi connectivity index (χ4n) is 3.12. The highest BCUT2D eigenvalue weighted by atomic mass is 16.5. The summed E-state index contributed by atoms with van der Waals surface area (Å²) in [6, 6.07) is 16.8. The monoisotopic (exact) mass is 353 g/mol. The van der Waals surface area contributed by atoms with Gasteiger partial charge in [-0.1, -0.05) is 43.7 Å². The van der Waals surface area contributed by atoms with E-state index in [0.29, 0.717) is 12.2 Å². The largest absolute Gasteiger partial charge is 0.494 e. The molecular weight excluding hydrogens is 326 g/mol. The van der Waals surface area contributed by atoms with Crippen molar-refractivity contribution >= 4 is 5.91 Å². The van der Waals surface area contributed by atoms with Gasteiger partial charge in [0.15, 0.2) is 0 Å². The van der Waals surface area contributed by atoms with Crippen LogP contribution in [0.3, 0.4) is 0 Å². The van der Waals surface area contributed by atoms with E-state index in [9.17, 15) is 9.90 Å². The van der Waals surface area contributed by atoms with E-state index in [1.54, 1.807) is 12.1 Å². The van der Waals surface area contributed by atoms with Crippen molar-refractivity contribution in [1.82, 2.24) is 5.32 Å². The van der Waals surface area contributed by atoms with E-state index in [1.807, 2.05) is 42.5 Å². The molecule has 0 saturated heterocycles. The van der Waals surface area contributed by atoms with Crippen LogP contribution in [0.15, 0.2) is 54.6 Å². The molecule has 1 amide bonds. The topological polar surface area (TPSA) is 58.6 Å². The summed E-state index contributed by atoms with van der Waals surface area (Å²) in [7, 11) is 0. The standard InChI is InChI=1S/C22H27NO3/c1-2-3-15-26-20-13-9-17(10-14-20)21(24)23-16-22(25,19-11-12-19)18-7-5-4-6-8-18/h4-10,13-14,19,25H,2-3,11-12,15-16H2,1H3,(H,23,24). The number of benzene rings is 2. The Kier molecular flexibility index (Phi) is 5.94. The predicted octanol–water partition coefficient (Wildman–Crippen LogP) is 3.89. The molecule has 1 aliphatic rings. The number of nitrogens with one attached hydrogen (secondary N) is 1. The Morgan fingerprint density at radius 2 is 1.85 bits per heavy atom. The first-order valence-electron chi connectivity index (χ1n) is 9.42. The van der Waals surface area contributed by atoms with Crippen molar-refractivity contribution in [2.24, 2.45) is 5.92 Å². The lowest BCUT2D eigenvalue weighted by atomic mass is 9.88. The second kappa shape index (κ2) is 8.37. The van der Waals surface area contributed by atoms with Crippen LogP contribution < -0.4 is 10.1 Å². The van der Waals surface area contributed by atoms with Crippen LogP contribution in [0, 0.1) is 5.92 Å². The average molecular weight is 353 g/mol. The van der Waals surface area contributed by atoms with Gasteiger partial charge in [0.25, 0.3) is 5.91 Å². The van der Waals surface area contributed by atoms with Crippen molar-refractivity contribution in [3.63, 3.8) is 0 Å². The van der Waals surface area contributed by atoms with Gasteiger partial charge < -0.3 is 15.2 Å². The molecule has 1 fully saturated rings. The molecule has 2 aromatic rings. The Morgan fingerprint density at radius 3 is 2.46 bits per heavy atom. The summed E-state index contributed by atoms with van der Waals surface area (Å²) in [6.45, 7) is 3.03. The molecule has 0 heterocycles. The zero-order valence-corrected chi connectivity index (χ0v) is 15.3. The summed E-state index contributed by atoms with van der Waals surface area (Å²) in [5.41, 5.74) is 0.432. The number of hydrogen-bond donors (Lipinski definition) is 2. The van der Waals surface area contributed by atoms with E-state index < -0.39 is 5.60 Å². The minimum absolute atomic E-state index is 0.180. The molecule has 2 N–H and O–H groups in total. The van der Waals surface area contributed by atoms with E-state index in [-0.39, 0.29) is 18.4 Å². The van der Waals surface area contributed by atoms with Crippen molar-refractivity contribution in [3.8, 4) is 5.75 Å². The third-order valence-electron chi connectivity index (χ3n) is 4.93. The SMILES string of the molecule is CCCCOc1ccc(C(=O)NCC(O)(c2ccccc2)C2CC2)cc1. The van der Waals surface area contributed by atoms with Gasteiger partial charge in [-0.25, -0.2) is 0 Å². The molecular formula is C22H27NO3. The molecule has 4 heteroatoms. The van der Waals surface area contributed by atoms with E-state index >= 15 is 0 Å². The molecule has 4 nitrogen and oxygen atoms in total. The Balaban J connectivity index is 1.60. The molecule has 1 unspecified atom stereocenters. The van der Waals surface area contributed by atoms with Gasteiger partial charge in [-0.05, 0) is 55.0 Å². The highest BCUT2D eigenvalue weighted by Crippen LogP contribution is 2.45. The van der Waals surface area contributed by atoms with Crippen molar-refractivity contribution in [2.45, 2.75) is 38.2 Å². The van der Waals surface area contributed by atoms with Gasteiger partial charge in [0.05, 0.1) is 13.2 Å². The van der Waals surface area contributed by atoms with Crippen LogP contribution in [0.25, 0.3) is 0 Å². The Bertz CT molecular complexity index is 710. The minimum atomic E-state index is -1.000. The summed E-state index contributed by atoms with van der Waals surface area (Å²) in [5.74, 6) is 0.799. The number of ether oxygens (including phenoxy) is 1. The number of hydrogen-bond acceptors (Lipinski definition) is 3. The molecule has 3 rings (SSSR count). The van der Waals surface area contributed by atoms with E-state index in [4.69, 9.17) is 4.74 Å². The van der Waals surface area contributed by atoms with Gasteiger partial charge in [-0.3, -0.25) is 4.79 Å². The highest BCUT2D eigenvalue weighted by molar-refractivity contribution is 5.94. The van der Waals surface area contributed by atoms with Crippen LogP contribution in [-0.4, -0.2) is 24.2 Å². The Labute approximate surface area is 155 Å². The first-order chi connectivity index (χ1) is 12.6. The molecule has 2 aromatic carbocycles. The number of carbonyl (C=O) groups is 1. The Morgan fingerprint density at radius 1 is 1.15 bits per heavy atom. The van der Waals surface area contributed by atoms with Gasteiger partial charge in [0.1, 0.15) is 11.4 Å². The van der Waals surface area contributed by atoms with Crippen molar-refractivity contribution < 1.29 is 14.6 Å². The molecule has 0 aliphatic heterocycles. The van der Waals surface area contributed by atoms with E-state index in [1.165, 1.54) is 0 Å². The lowest BCUT2D eigenvalue weighted by Gasteiger charge is -2.29. The average Bonchev–Trinajstić information content (AvgIpc) is 3.53. The maximum atomic E-state index is 12.5. The van der Waals surface area contributed by atoms with Gasteiger partial charge >= 0.3 is 0 Å².